The van der Waals surface area contributed by atoms with Crippen LogP contribution in [0.25, 0.3) is 10.9 Å². The third-order valence-corrected chi connectivity index (χ3v) is 5.60. The Kier molecular flexibility index (Phi) is 7.80. The van der Waals surface area contributed by atoms with E-state index in [1.54, 1.807) is 7.11 Å². The first kappa shape index (κ1) is 23.7. The number of carbonyl (C=O) groups is 1. The summed E-state index contributed by atoms with van der Waals surface area (Å²) in [7, 11) is 1.65. The molecule has 0 saturated heterocycles. The lowest BCUT2D eigenvalue weighted by Gasteiger charge is -2.28. The van der Waals surface area contributed by atoms with Crippen molar-refractivity contribution in [2.45, 2.75) is 45.1 Å². The SMILES string of the molecule is COc1ccc2[nH]cc(C(CNC(=O)OC(C)(C)C)C(CCO)Cc3ccccc3)c2c1. The van der Waals surface area contributed by atoms with Crippen molar-refractivity contribution in [3.8, 4) is 5.75 Å². The number of methoxy groups -OCH3 is 1. The molecule has 0 radical (unpaired) electrons. The highest BCUT2D eigenvalue weighted by molar-refractivity contribution is 5.85. The van der Waals surface area contributed by atoms with E-state index in [2.05, 4.69) is 22.4 Å². The fraction of sp³-hybridized carbons (Fsp3) is 0.423. The summed E-state index contributed by atoms with van der Waals surface area (Å²) in [6, 6.07) is 16.2. The normalized spacial score (nSPS) is 13.5. The first-order valence-corrected chi connectivity index (χ1v) is 11.1. The molecule has 2 unspecified atom stereocenters. The molecule has 1 amide bonds. The first-order chi connectivity index (χ1) is 15.3. The summed E-state index contributed by atoms with van der Waals surface area (Å²) in [5.74, 6) is 0.859. The number of nitrogens with one attached hydrogen (secondary N) is 2. The van der Waals surface area contributed by atoms with Crippen LogP contribution in [0.15, 0.2) is 54.7 Å². The van der Waals surface area contributed by atoms with Crippen LogP contribution in [0.1, 0.15) is 44.2 Å². The maximum atomic E-state index is 12.4. The van der Waals surface area contributed by atoms with E-state index in [-0.39, 0.29) is 18.4 Å². The maximum Gasteiger partial charge on any atom is 0.407 e. The van der Waals surface area contributed by atoms with Crippen molar-refractivity contribution in [1.29, 1.82) is 0 Å². The van der Waals surface area contributed by atoms with E-state index in [0.717, 1.165) is 28.6 Å². The van der Waals surface area contributed by atoms with Crippen molar-refractivity contribution in [3.05, 3.63) is 65.9 Å². The third kappa shape index (κ3) is 6.26. The van der Waals surface area contributed by atoms with E-state index >= 15 is 0 Å². The Morgan fingerprint density at radius 3 is 2.56 bits per heavy atom. The molecule has 0 saturated carbocycles. The van der Waals surface area contributed by atoms with Gasteiger partial charge in [0.15, 0.2) is 0 Å². The summed E-state index contributed by atoms with van der Waals surface area (Å²) in [6.45, 7) is 6.02. The summed E-state index contributed by atoms with van der Waals surface area (Å²) in [5, 5.41) is 13.9. The van der Waals surface area contributed by atoms with Crippen molar-refractivity contribution in [1.82, 2.24) is 10.3 Å². The number of aliphatic hydroxyl groups excluding tert-OH is 1. The molecular formula is C26H34N2O4. The van der Waals surface area contributed by atoms with E-state index in [1.165, 1.54) is 5.56 Å². The zero-order chi connectivity index (χ0) is 23.1. The van der Waals surface area contributed by atoms with Crippen LogP contribution in [0.5, 0.6) is 5.75 Å². The number of amides is 1. The predicted octanol–water partition coefficient (Wildman–Crippen LogP) is 5.03. The van der Waals surface area contributed by atoms with Crippen LogP contribution in [0, 0.1) is 5.92 Å². The minimum Gasteiger partial charge on any atom is -0.497 e. The fourth-order valence-corrected chi connectivity index (χ4v) is 4.12. The van der Waals surface area contributed by atoms with Gasteiger partial charge in [0.05, 0.1) is 7.11 Å². The van der Waals surface area contributed by atoms with Gasteiger partial charge in [0.1, 0.15) is 11.4 Å². The Labute approximate surface area is 189 Å². The summed E-state index contributed by atoms with van der Waals surface area (Å²) in [5.41, 5.74) is 2.72. The molecule has 0 aliphatic heterocycles. The number of fused-ring (bicyclic) bond motifs is 1. The number of H-pyrrole nitrogens is 1. The van der Waals surface area contributed by atoms with Gasteiger partial charge in [-0.1, -0.05) is 30.3 Å². The molecule has 2 aromatic carbocycles. The molecule has 3 N–H and O–H groups in total. The highest BCUT2D eigenvalue weighted by Gasteiger charge is 2.27. The number of aliphatic hydroxyl groups is 1. The zero-order valence-corrected chi connectivity index (χ0v) is 19.4. The van der Waals surface area contributed by atoms with E-state index in [0.29, 0.717) is 13.0 Å². The van der Waals surface area contributed by atoms with Crippen molar-refractivity contribution in [2.75, 3.05) is 20.3 Å². The van der Waals surface area contributed by atoms with Crippen LogP contribution in [0.4, 0.5) is 4.79 Å². The predicted molar refractivity (Wildman–Crippen MR) is 127 cm³/mol. The molecule has 0 aliphatic carbocycles. The Bertz CT molecular complexity index is 1010. The van der Waals surface area contributed by atoms with E-state index < -0.39 is 11.7 Å². The average Bonchev–Trinajstić information content (AvgIpc) is 3.16. The summed E-state index contributed by atoms with van der Waals surface area (Å²) >= 11 is 0. The molecule has 6 heteroatoms. The van der Waals surface area contributed by atoms with Crippen LogP contribution in [-0.2, 0) is 11.2 Å². The Morgan fingerprint density at radius 1 is 1.16 bits per heavy atom. The van der Waals surface area contributed by atoms with Gasteiger partial charge in [0, 0.05) is 36.2 Å². The topological polar surface area (TPSA) is 83.6 Å². The second-order valence-corrected chi connectivity index (χ2v) is 9.11. The molecule has 3 rings (SSSR count). The molecule has 0 aliphatic rings. The number of carbonyl (C=O) groups excluding carboxylic acids is 1. The lowest BCUT2D eigenvalue weighted by atomic mass is 9.80. The van der Waals surface area contributed by atoms with Gasteiger partial charge < -0.3 is 24.9 Å². The highest BCUT2D eigenvalue weighted by Crippen LogP contribution is 2.35. The van der Waals surface area contributed by atoms with Gasteiger partial charge >= 0.3 is 6.09 Å². The number of aromatic amines is 1. The van der Waals surface area contributed by atoms with Gasteiger partial charge in [0.25, 0.3) is 0 Å². The minimum atomic E-state index is -0.567. The third-order valence-electron chi connectivity index (χ3n) is 5.60. The number of ether oxygens (including phenoxy) is 2. The highest BCUT2D eigenvalue weighted by atomic mass is 16.6. The largest absolute Gasteiger partial charge is 0.497 e. The van der Waals surface area contributed by atoms with Crippen molar-refractivity contribution >= 4 is 17.0 Å². The molecule has 0 fully saturated rings. The summed E-state index contributed by atoms with van der Waals surface area (Å²) < 4.78 is 10.9. The van der Waals surface area contributed by atoms with Gasteiger partial charge in [-0.15, -0.1) is 0 Å². The van der Waals surface area contributed by atoms with Crippen LogP contribution in [0.2, 0.25) is 0 Å². The molecule has 0 bridgehead atoms. The minimum absolute atomic E-state index is 0.0317. The molecule has 1 aromatic heterocycles. The second kappa shape index (κ2) is 10.6. The van der Waals surface area contributed by atoms with E-state index in [4.69, 9.17) is 9.47 Å². The number of hydrogen-bond acceptors (Lipinski definition) is 4. The first-order valence-electron chi connectivity index (χ1n) is 11.1. The molecule has 172 valence electrons. The fourth-order valence-electron chi connectivity index (χ4n) is 4.12. The van der Waals surface area contributed by atoms with Gasteiger partial charge in [0.2, 0.25) is 0 Å². The van der Waals surface area contributed by atoms with Crippen LogP contribution in [-0.4, -0.2) is 42.0 Å². The van der Waals surface area contributed by atoms with Gasteiger partial charge in [-0.2, -0.15) is 0 Å². The van der Waals surface area contributed by atoms with Crippen molar-refractivity contribution in [3.63, 3.8) is 0 Å². The van der Waals surface area contributed by atoms with E-state index in [9.17, 15) is 9.90 Å². The Morgan fingerprint density at radius 2 is 1.91 bits per heavy atom. The number of hydrogen-bond donors (Lipinski definition) is 3. The zero-order valence-electron chi connectivity index (χ0n) is 19.4. The average molecular weight is 439 g/mol. The molecule has 32 heavy (non-hydrogen) atoms. The van der Waals surface area contributed by atoms with Gasteiger partial charge in [-0.25, -0.2) is 4.79 Å². The van der Waals surface area contributed by atoms with Crippen LogP contribution < -0.4 is 10.1 Å². The van der Waals surface area contributed by atoms with Crippen molar-refractivity contribution < 1.29 is 19.4 Å². The maximum absolute atomic E-state index is 12.4. The monoisotopic (exact) mass is 438 g/mol. The van der Waals surface area contributed by atoms with Crippen LogP contribution in [0.3, 0.4) is 0 Å². The van der Waals surface area contributed by atoms with Crippen molar-refractivity contribution in [2.24, 2.45) is 5.92 Å². The Balaban J connectivity index is 1.95. The Hall–Kier alpha value is -2.99. The number of alkyl carbamates (subject to hydrolysis) is 1. The van der Waals surface area contributed by atoms with E-state index in [1.807, 2.05) is 63.4 Å². The summed E-state index contributed by atoms with van der Waals surface area (Å²) in [4.78, 5) is 15.8. The number of benzene rings is 2. The number of rotatable bonds is 9. The quantitative estimate of drug-likeness (QED) is 0.438. The molecular weight excluding hydrogens is 404 g/mol. The van der Waals surface area contributed by atoms with Crippen LogP contribution >= 0.6 is 0 Å². The molecule has 3 aromatic rings. The smallest absolute Gasteiger partial charge is 0.407 e. The lowest BCUT2D eigenvalue weighted by molar-refractivity contribution is 0.0520. The van der Waals surface area contributed by atoms with Gasteiger partial charge in [-0.3, -0.25) is 0 Å². The molecule has 0 spiro atoms. The standard InChI is InChI=1S/C26H34N2O4/c1-26(2,3)32-25(30)28-16-22(19(12-13-29)14-18-8-6-5-7-9-18)23-17-27-24-11-10-20(31-4)15-21(23)24/h5-11,15,17,19,22,27,29H,12-14,16H2,1-4H3,(H,28,30). The van der Waals surface area contributed by atoms with Gasteiger partial charge in [-0.05, 0) is 68.9 Å². The molecule has 2 atom stereocenters. The summed E-state index contributed by atoms with van der Waals surface area (Å²) in [6.07, 6.45) is 2.97. The molecule has 6 nitrogen and oxygen atoms in total. The molecule has 1 heterocycles. The number of aromatic nitrogens is 1. The second-order valence-electron chi connectivity index (χ2n) is 9.11. The lowest BCUT2D eigenvalue weighted by Crippen LogP contribution is -2.36.